The van der Waals surface area contributed by atoms with Crippen LogP contribution in [0.2, 0.25) is 0 Å². The average molecular weight is 291 g/mol. The third kappa shape index (κ3) is 4.18. The Bertz CT molecular complexity index is 377. The van der Waals surface area contributed by atoms with Gasteiger partial charge in [-0.05, 0) is 18.8 Å². The number of hydrogen-bond acceptors (Lipinski definition) is 3. The van der Waals surface area contributed by atoms with Gasteiger partial charge in [0, 0.05) is 19.9 Å². The van der Waals surface area contributed by atoms with Gasteiger partial charge in [-0.2, -0.15) is 0 Å². The first-order valence-corrected chi connectivity index (χ1v) is 6.39. The predicted molar refractivity (Wildman–Crippen MR) is 67.6 cm³/mol. The molecule has 1 saturated carbocycles. The fourth-order valence-electron chi connectivity index (χ4n) is 2.41. The first-order chi connectivity index (χ1) is 9.28. The quantitative estimate of drug-likeness (QED) is 0.790. The molecule has 1 rings (SSSR count). The Kier molecular flexibility index (Phi) is 5.47. The lowest BCUT2D eigenvalue weighted by atomic mass is 9.81. The van der Waals surface area contributed by atoms with Crippen LogP contribution in [-0.2, 0) is 9.53 Å². The molecular weight excluding hydrogens is 272 g/mol. The molecule has 0 saturated heterocycles. The molecule has 1 N–H and O–H groups in total. The van der Waals surface area contributed by atoms with Crippen molar-refractivity contribution >= 4 is 12.1 Å². The van der Waals surface area contributed by atoms with Crippen LogP contribution in [0.15, 0.2) is 12.7 Å². The van der Waals surface area contributed by atoms with Crippen molar-refractivity contribution in [2.45, 2.75) is 37.6 Å². The Morgan fingerprint density at radius 1 is 1.50 bits per heavy atom. The van der Waals surface area contributed by atoms with Crippen LogP contribution in [-0.4, -0.2) is 47.7 Å². The van der Waals surface area contributed by atoms with Crippen LogP contribution < -0.4 is 0 Å². The van der Waals surface area contributed by atoms with Gasteiger partial charge >= 0.3 is 12.1 Å². The van der Waals surface area contributed by atoms with Crippen molar-refractivity contribution in [3.63, 3.8) is 0 Å². The molecule has 1 aliphatic rings. The molecule has 0 bridgehead atoms. The molecule has 0 aromatic carbocycles. The number of alkyl halides is 2. The zero-order valence-corrected chi connectivity index (χ0v) is 11.3. The number of aliphatic carboxylic acids is 1. The number of ether oxygens (including phenoxy) is 1. The lowest BCUT2D eigenvalue weighted by Crippen LogP contribution is -2.49. The van der Waals surface area contributed by atoms with Gasteiger partial charge in [-0.25, -0.2) is 18.4 Å². The van der Waals surface area contributed by atoms with Gasteiger partial charge in [0.1, 0.15) is 12.6 Å². The Balaban J connectivity index is 2.71. The highest BCUT2D eigenvalue weighted by Crippen LogP contribution is 2.38. The summed E-state index contributed by atoms with van der Waals surface area (Å²) in [5, 5.41) is 9.24. The monoisotopic (exact) mass is 291 g/mol. The minimum atomic E-state index is -2.73. The first-order valence-electron chi connectivity index (χ1n) is 6.39. The molecule has 20 heavy (non-hydrogen) atoms. The second-order valence-electron chi connectivity index (χ2n) is 4.95. The number of halogens is 2. The minimum absolute atomic E-state index is 0.0295. The molecule has 1 amide bonds. The van der Waals surface area contributed by atoms with Gasteiger partial charge in [0.05, 0.1) is 0 Å². The number of carboxylic acid groups (broad SMARTS) is 1. The maximum absolute atomic E-state index is 13.1. The molecule has 0 aliphatic heterocycles. The van der Waals surface area contributed by atoms with Crippen molar-refractivity contribution in [1.29, 1.82) is 0 Å². The highest BCUT2D eigenvalue weighted by Gasteiger charge is 2.42. The predicted octanol–water partition coefficient (Wildman–Crippen LogP) is 2.52. The van der Waals surface area contributed by atoms with E-state index in [1.165, 1.54) is 13.1 Å². The molecular formula is C13H19F2NO4. The zero-order chi connectivity index (χ0) is 15.3. The van der Waals surface area contributed by atoms with E-state index in [0.29, 0.717) is 0 Å². The summed E-state index contributed by atoms with van der Waals surface area (Å²) in [6.45, 7) is 3.35. The van der Waals surface area contributed by atoms with E-state index in [2.05, 4.69) is 6.58 Å². The number of nitrogens with zero attached hydrogens (tertiary/aromatic N) is 1. The third-order valence-corrected chi connectivity index (χ3v) is 3.49. The van der Waals surface area contributed by atoms with E-state index >= 15 is 0 Å². The SMILES string of the molecule is C=CCOC(=O)N(C)C(C(=O)O)C1CCC(F)(F)CC1. The van der Waals surface area contributed by atoms with Gasteiger partial charge in [0.15, 0.2) is 0 Å². The van der Waals surface area contributed by atoms with Crippen LogP contribution in [0, 0.1) is 5.92 Å². The second kappa shape index (κ2) is 6.67. The number of amides is 1. The largest absolute Gasteiger partial charge is 0.480 e. The Morgan fingerprint density at radius 2 is 2.05 bits per heavy atom. The van der Waals surface area contributed by atoms with Gasteiger partial charge in [-0.15, -0.1) is 0 Å². The molecule has 0 aromatic heterocycles. The summed E-state index contributed by atoms with van der Waals surface area (Å²) in [5.74, 6) is -4.44. The molecule has 0 radical (unpaired) electrons. The Hall–Kier alpha value is -1.66. The molecule has 114 valence electrons. The van der Waals surface area contributed by atoms with E-state index in [1.807, 2.05) is 0 Å². The number of carboxylic acids is 1. The van der Waals surface area contributed by atoms with E-state index in [4.69, 9.17) is 4.74 Å². The average Bonchev–Trinajstić information content (AvgIpc) is 2.37. The van der Waals surface area contributed by atoms with Crippen LogP contribution in [0.4, 0.5) is 13.6 Å². The summed E-state index contributed by atoms with van der Waals surface area (Å²) in [5.41, 5.74) is 0. The maximum Gasteiger partial charge on any atom is 0.410 e. The van der Waals surface area contributed by atoms with Gasteiger partial charge in [0.25, 0.3) is 0 Å². The van der Waals surface area contributed by atoms with Crippen molar-refractivity contribution < 1.29 is 28.2 Å². The summed E-state index contributed by atoms with van der Waals surface area (Å²) in [4.78, 5) is 23.9. The summed E-state index contributed by atoms with van der Waals surface area (Å²) in [6, 6.07) is -1.15. The standard InChI is InChI=1S/C13H19F2NO4/c1-3-8-20-12(19)16(2)10(11(17)18)9-4-6-13(14,15)7-5-9/h3,9-10H,1,4-8H2,2H3,(H,17,18). The molecule has 1 unspecified atom stereocenters. The number of hydrogen-bond donors (Lipinski definition) is 1. The molecule has 5 nitrogen and oxygen atoms in total. The fraction of sp³-hybridized carbons (Fsp3) is 0.692. The summed E-state index contributed by atoms with van der Waals surface area (Å²) in [7, 11) is 1.30. The summed E-state index contributed by atoms with van der Waals surface area (Å²) >= 11 is 0. The summed E-state index contributed by atoms with van der Waals surface area (Å²) in [6.07, 6.45) is 0.0116. The van der Waals surface area contributed by atoms with E-state index in [-0.39, 0.29) is 32.3 Å². The first kappa shape index (κ1) is 16.4. The van der Waals surface area contributed by atoms with Crippen molar-refractivity contribution in [1.82, 2.24) is 4.90 Å². The van der Waals surface area contributed by atoms with Crippen LogP contribution in [0.5, 0.6) is 0 Å². The van der Waals surface area contributed by atoms with Gasteiger partial charge in [-0.1, -0.05) is 12.7 Å². The topological polar surface area (TPSA) is 66.8 Å². The van der Waals surface area contributed by atoms with Gasteiger partial charge < -0.3 is 9.84 Å². The Labute approximate surface area is 116 Å². The second-order valence-corrected chi connectivity index (χ2v) is 4.95. The third-order valence-electron chi connectivity index (χ3n) is 3.49. The highest BCUT2D eigenvalue weighted by atomic mass is 19.3. The summed E-state index contributed by atoms with van der Waals surface area (Å²) < 4.78 is 31.0. The van der Waals surface area contributed by atoms with Crippen LogP contribution >= 0.6 is 0 Å². The van der Waals surface area contributed by atoms with E-state index in [9.17, 15) is 23.5 Å². The maximum atomic E-state index is 13.1. The zero-order valence-electron chi connectivity index (χ0n) is 11.3. The van der Waals surface area contributed by atoms with Crippen LogP contribution in [0.3, 0.4) is 0 Å². The van der Waals surface area contributed by atoms with Crippen molar-refractivity contribution in [2.75, 3.05) is 13.7 Å². The Morgan fingerprint density at radius 3 is 2.50 bits per heavy atom. The molecule has 0 heterocycles. The van der Waals surface area contributed by atoms with E-state index < -0.39 is 29.9 Å². The smallest absolute Gasteiger partial charge is 0.410 e. The molecule has 1 aliphatic carbocycles. The van der Waals surface area contributed by atoms with Crippen molar-refractivity contribution in [3.05, 3.63) is 12.7 Å². The van der Waals surface area contributed by atoms with E-state index in [1.54, 1.807) is 0 Å². The van der Waals surface area contributed by atoms with Crippen molar-refractivity contribution in [2.24, 2.45) is 5.92 Å². The highest BCUT2D eigenvalue weighted by molar-refractivity contribution is 5.80. The van der Waals surface area contributed by atoms with Gasteiger partial charge in [0.2, 0.25) is 5.92 Å². The van der Waals surface area contributed by atoms with Crippen LogP contribution in [0.1, 0.15) is 25.7 Å². The number of likely N-dealkylation sites (N-methyl/N-ethyl adjacent to an activating group) is 1. The number of rotatable bonds is 5. The van der Waals surface area contributed by atoms with Crippen molar-refractivity contribution in [3.8, 4) is 0 Å². The number of carbonyl (C=O) groups excluding carboxylic acids is 1. The van der Waals surface area contributed by atoms with Crippen LogP contribution in [0.25, 0.3) is 0 Å². The van der Waals surface area contributed by atoms with Gasteiger partial charge in [-0.3, -0.25) is 4.90 Å². The normalized spacial score (nSPS) is 19.9. The number of carbonyl (C=O) groups is 2. The lowest BCUT2D eigenvalue weighted by molar-refractivity contribution is -0.146. The van der Waals surface area contributed by atoms with E-state index in [0.717, 1.165) is 4.90 Å². The fourth-order valence-corrected chi connectivity index (χ4v) is 2.41. The molecule has 1 atom stereocenters. The molecule has 0 spiro atoms. The lowest BCUT2D eigenvalue weighted by Gasteiger charge is -2.35. The molecule has 7 heteroatoms. The molecule has 1 fully saturated rings. The molecule has 0 aromatic rings. The minimum Gasteiger partial charge on any atom is -0.480 e.